The molecule has 142 valence electrons. The number of fused-ring (bicyclic) bond motifs is 1. The molecule has 4 heteroatoms. The molecule has 0 aliphatic heterocycles. The van der Waals surface area contributed by atoms with E-state index in [0.29, 0.717) is 0 Å². The molecule has 1 N–H and O–H groups in total. The summed E-state index contributed by atoms with van der Waals surface area (Å²) < 4.78 is 2.23. The molecule has 3 aromatic rings. The molecule has 0 fully saturated rings. The van der Waals surface area contributed by atoms with E-state index >= 15 is 0 Å². The van der Waals surface area contributed by atoms with Gasteiger partial charge in [0.05, 0.1) is 17.1 Å². The number of para-hydroxylation sites is 2. The fourth-order valence-corrected chi connectivity index (χ4v) is 3.21. The van der Waals surface area contributed by atoms with Gasteiger partial charge in [0.25, 0.3) is 0 Å². The third-order valence-electron chi connectivity index (χ3n) is 4.93. The van der Waals surface area contributed by atoms with Gasteiger partial charge in [0.1, 0.15) is 5.82 Å². The standard InChI is InChI=1S/C23H29N3O/c1-15-11-12-16(2)18(13-15)14-26-20-10-8-7-9-19(20)25-21(26)17(3)24-22(27)23(4,5)6/h7-13,17H,14H2,1-6H3,(H,24,27)/t17-/m1/s1. The van der Waals surface area contributed by atoms with Gasteiger partial charge in [-0.15, -0.1) is 0 Å². The van der Waals surface area contributed by atoms with E-state index in [1.165, 1.54) is 16.7 Å². The number of rotatable bonds is 4. The second-order valence-corrected chi connectivity index (χ2v) is 8.42. The lowest BCUT2D eigenvalue weighted by Crippen LogP contribution is -2.37. The van der Waals surface area contributed by atoms with Gasteiger partial charge >= 0.3 is 0 Å². The van der Waals surface area contributed by atoms with Gasteiger partial charge in [0.2, 0.25) is 5.91 Å². The van der Waals surface area contributed by atoms with Gasteiger partial charge in [-0.3, -0.25) is 4.79 Å². The number of aromatic nitrogens is 2. The van der Waals surface area contributed by atoms with E-state index in [0.717, 1.165) is 23.4 Å². The molecule has 4 nitrogen and oxygen atoms in total. The normalized spacial score (nSPS) is 13.0. The lowest BCUT2D eigenvalue weighted by molar-refractivity contribution is -0.129. The van der Waals surface area contributed by atoms with Crippen molar-refractivity contribution in [2.75, 3.05) is 0 Å². The van der Waals surface area contributed by atoms with Crippen molar-refractivity contribution in [2.45, 2.75) is 54.1 Å². The molecular formula is C23H29N3O. The molecule has 0 saturated heterocycles. The van der Waals surface area contributed by atoms with Crippen LogP contribution in [0.2, 0.25) is 0 Å². The molecule has 1 atom stereocenters. The van der Waals surface area contributed by atoms with E-state index in [1.807, 2.05) is 45.9 Å². The molecule has 0 aliphatic carbocycles. The average Bonchev–Trinajstić information content (AvgIpc) is 2.96. The summed E-state index contributed by atoms with van der Waals surface area (Å²) in [7, 11) is 0. The summed E-state index contributed by atoms with van der Waals surface area (Å²) in [6.07, 6.45) is 0. The van der Waals surface area contributed by atoms with Crippen LogP contribution in [0.15, 0.2) is 42.5 Å². The number of carbonyl (C=O) groups excluding carboxylic acids is 1. The van der Waals surface area contributed by atoms with Crippen LogP contribution in [0.4, 0.5) is 0 Å². The van der Waals surface area contributed by atoms with Crippen molar-refractivity contribution >= 4 is 16.9 Å². The minimum Gasteiger partial charge on any atom is -0.346 e. The Balaban J connectivity index is 2.04. The highest BCUT2D eigenvalue weighted by Crippen LogP contribution is 2.25. The molecule has 3 rings (SSSR count). The van der Waals surface area contributed by atoms with Gasteiger partial charge in [-0.2, -0.15) is 0 Å². The van der Waals surface area contributed by atoms with Crippen molar-refractivity contribution in [1.82, 2.24) is 14.9 Å². The fourth-order valence-electron chi connectivity index (χ4n) is 3.21. The van der Waals surface area contributed by atoms with E-state index in [4.69, 9.17) is 4.98 Å². The van der Waals surface area contributed by atoms with Crippen LogP contribution in [0, 0.1) is 19.3 Å². The lowest BCUT2D eigenvalue weighted by atomic mass is 9.95. The first kappa shape index (κ1) is 19.2. The van der Waals surface area contributed by atoms with E-state index in [1.54, 1.807) is 0 Å². The quantitative estimate of drug-likeness (QED) is 0.715. The van der Waals surface area contributed by atoms with Crippen LogP contribution >= 0.6 is 0 Å². The molecule has 1 amide bonds. The van der Waals surface area contributed by atoms with Crippen LogP contribution in [0.5, 0.6) is 0 Å². The first-order valence-corrected chi connectivity index (χ1v) is 9.49. The zero-order valence-electron chi connectivity index (χ0n) is 17.1. The molecule has 0 bridgehead atoms. The number of nitrogens with one attached hydrogen (secondary N) is 1. The van der Waals surface area contributed by atoms with Crippen molar-refractivity contribution in [3.8, 4) is 0 Å². The molecule has 0 aliphatic rings. The van der Waals surface area contributed by atoms with Gasteiger partial charge in [0.15, 0.2) is 0 Å². The van der Waals surface area contributed by atoms with E-state index in [-0.39, 0.29) is 11.9 Å². The summed E-state index contributed by atoms with van der Waals surface area (Å²) in [5.74, 6) is 0.912. The third kappa shape index (κ3) is 4.05. The number of nitrogens with zero attached hydrogens (tertiary/aromatic N) is 2. The van der Waals surface area contributed by atoms with Gasteiger partial charge in [0, 0.05) is 12.0 Å². The van der Waals surface area contributed by atoms with E-state index in [9.17, 15) is 4.79 Å². The Hall–Kier alpha value is -2.62. The van der Waals surface area contributed by atoms with Gasteiger partial charge in [-0.25, -0.2) is 4.98 Å². The lowest BCUT2D eigenvalue weighted by Gasteiger charge is -2.22. The van der Waals surface area contributed by atoms with Crippen molar-refractivity contribution in [3.63, 3.8) is 0 Å². The van der Waals surface area contributed by atoms with Crippen LogP contribution in [0.25, 0.3) is 11.0 Å². The number of benzene rings is 2. The predicted octanol–water partition coefficient (Wildman–Crippen LogP) is 4.92. The van der Waals surface area contributed by atoms with Crippen LogP contribution in [-0.2, 0) is 11.3 Å². The summed E-state index contributed by atoms with van der Waals surface area (Å²) in [4.78, 5) is 17.3. The molecule has 0 unspecified atom stereocenters. The number of hydrogen-bond acceptors (Lipinski definition) is 2. The highest BCUT2D eigenvalue weighted by atomic mass is 16.2. The Labute approximate surface area is 161 Å². The Morgan fingerprint density at radius 3 is 2.56 bits per heavy atom. The summed E-state index contributed by atoms with van der Waals surface area (Å²) in [5, 5.41) is 3.13. The number of aryl methyl sites for hydroxylation is 2. The predicted molar refractivity (Wildman–Crippen MR) is 111 cm³/mol. The molecule has 2 aromatic carbocycles. The number of imidazole rings is 1. The Morgan fingerprint density at radius 1 is 1.15 bits per heavy atom. The summed E-state index contributed by atoms with van der Waals surface area (Å²) in [6, 6.07) is 14.5. The minimum absolute atomic E-state index is 0.0281. The summed E-state index contributed by atoms with van der Waals surface area (Å²) in [5.41, 5.74) is 5.39. The number of amides is 1. The smallest absolute Gasteiger partial charge is 0.225 e. The third-order valence-corrected chi connectivity index (χ3v) is 4.93. The van der Waals surface area contributed by atoms with Crippen LogP contribution < -0.4 is 5.32 Å². The van der Waals surface area contributed by atoms with E-state index in [2.05, 4.69) is 48.0 Å². The maximum atomic E-state index is 12.5. The van der Waals surface area contributed by atoms with Gasteiger partial charge in [-0.1, -0.05) is 56.7 Å². The minimum atomic E-state index is -0.432. The maximum absolute atomic E-state index is 12.5. The topological polar surface area (TPSA) is 46.9 Å². The molecule has 0 radical (unpaired) electrons. The highest BCUT2D eigenvalue weighted by Gasteiger charge is 2.25. The number of hydrogen-bond donors (Lipinski definition) is 1. The zero-order valence-corrected chi connectivity index (χ0v) is 17.1. The average molecular weight is 364 g/mol. The molecule has 1 heterocycles. The van der Waals surface area contributed by atoms with Crippen LogP contribution in [0.1, 0.15) is 56.3 Å². The first-order valence-electron chi connectivity index (χ1n) is 9.49. The second kappa shape index (κ2) is 7.18. The molecular weight excluding hydrogens is 334 g/mol. The number of carbonyl (C=O) groups is 1. The maximum Gasteiger partial charge on any atom is 0.225 e. The molecule has 0 saturated carbocycles. The first-order chi connectivity index (χ1) is 12.7. The van der Waals surface area contributed by atoms with Crippen LogP contribution in [0.3, 0.4) is 0 Å². The second-order valence-electron chi connectivity index (χ2n) is 8.42. The molecule has 0 spiro atoms. The highest BCUT2D eigenvalue weighted by molar-refractivity contribution is 5.82. The Bertz CT molecular complexity index is 979. The van der Waals surface area contributed by atoms with E-state index < -0.39 is 5.41 Å². The van der Waals surface area contributed by atoms with Gasteiger partial charge in [-0.05, 0) is 44.0 Å². The zero-order chi connectivity index (χ0) is 19.8. The monoisotopic (exact) mass is 363 g/mol. The molecule has 1 aromatic heterocycles. The van der Waals surface area contributed by atoms with Crippen molar-refractivity contribution in [1.29, 1.82) is 0 Å². The van der Waals surface area contributed by atoms with Crippen LogP contribution in [-0.4, -0.2) is 15.5 Å². The van der Waals surface area contributed by atoms with Gasteiger partial charge < -0.3 is 9.88 Å². The van der Waals surface area contributed by atoms with Crippen molar-refractivity contribution < 1.29 is 4.79 Å². The molecule has 27 heavy (non-hydrogen) atoms. The summed E-state index contributed by atoms with van der Waals surface area (Å²) in [6.45, 7) is 12.8. The summed E-state index contributed by atoms with van der Waals surface area (Å²) >= 11 is 0. The Kier molecular flexibility index (Phi) is 5.09. The SMILES string of the molecule is Cc1ccc(C)c(Cn2c([C@@H](C)NC(=O)C(C)(C)C)nc3ccccc32)c1. The fraction of sp³-hybridized carbons (Fsp3) is 0.391. The largest absolute Gasteiger partial charge is 0.346 e. The van der Waals surface area contributed by atoms with Crippen molar-refractivity contribution in [2.24, 2.45) is 5.41 Å². The van der Waals surface area contributed by atoms with Crippen molar-refractivity contribution in [3.05, 3.63) is 65.0 Å². The Morgan fingerprint density at radius 2 is 1.85 bits per heavy atom.